The van der Waals surface area contributed by atoms with Gasteiger partial charge in [0.05, 0.1) is 5.75 Å². The zero-order chi connectivity index (χ0) is 17.8. The van der Waals surface area contributed by atoms with Crippen LogP contribution in [0, 0.1) is 5.92 Å². The summed E-state index contributed by atoms with van der Waals surface area (Å²) >= 11 is 1.26. The summed E-state index contributed by atoms with van der Waals surface area (Å²) in [6, 6.07) is 7.08. The molecule has 0 radical (unpaired) electrons. The summed E-state index contributed by atoms with van der Waals surface area (Å²) in [4.78, 5) is 24.1. The van der Waals surface area contributed by atoms with Crippen molar-refractivity contribution in [2.75, 3.05) is 11.1 Å². The van der Waals surface area contributed by atoms with Crippen molar-refractivity contribution in [1.29, 1.82) is 0 Å². The highest BCUT2D eigenvalue weighted by Gasteiger charge is 2.29. The van der Waals surface area contributed by atoms with E-state index in [-0.39, 0.29) is 23.6 Å². The van der Waals surface area contributed by atoms with Crippen LogP contribution in [0.15, 0.2) is 29.4 Å². The van der Waals surface area contributed by atoms with Crippen LogP contribution in [0.3, 0.4) is 0 Å². The molecule has 25 heavy (non-hydrogen) atoms. The van der Waals surface area contributed by atoms with E-state index in [0.29, 0.717) is 22.3 Å². The van der Waals surface area contributed by atoms with E-state index in [2.05, 4.69) is 26.2 Å². The molecule has 1 atom stereocenters. The van der Waals surface area contributed by atoms with Crippen LogP contribution in [-0.2, 0) is 11.8 Å². The number of anilines is 1. The lowest BCUT2D eigenvalue weighted by atomic mass is 10.1. The van der Waals surface area contributed by atoms with Crippen LogP contribution in [0.4, 0.5) is 5.69 Å². The number of rotatable bonds is 7. The predicted molar refractivity (Wildman–Crippen MR) is 94.2 cm³/mol. The molecule has 2 N–H and O–H groups in total. The molecule has 1 heterocycles. The predicted octanol–water partition coefficient (Wildman–Crippen LogP) is 1.47. The minimum atomic E-state index is -0.160. The number of thioether (sulfide) groups is 1. The Hall–Kier alpha value is -2.42. The molecule has 0 spiro atoms. The van der Waals surface area contributed by atoms with Gasteiger partial charge in [-0.3, -0.25) is 9.59 Å². The Kier molecular flexibility index (Phi) is 5.32. The van der Waals surface area contributed by atoms with E-state index in [1.165, 1.54) is 29.3 Å². The highest BCUT2D eigenvalue weighted by atomic mass is 32.2. The molecule has 1 aliphatic rings. The second-order valence-corrected chi connectivity index (χ2v) is 7.04. The maximum atomic E-state index is 12.2. The largest absolute Gasteiger partial charge is 0.349 e. The first-order valence-electron chi connectivity index (χ1n) is 8.09. The van der Waals surface area contributed by atoms with Crippen molar-refractivity contribution >= 4 is 29.3 Å². The summed E-state index contributed by atoms with van der Waals surface area (Å²) < 4.78 is 1.51. The molecule has 0 saturated heterocycles. The first-order chi connectivity index (χ1) is 12.0. The van der Waals surface area contributed by atoms with E-state index in [0.717, 1.165) is 0 Å². The van der Waals surface area contributed by atoms with Gasteiger partial charge in [-0.1, -0.05) is 11.8 Å². The van der Waals surface area contributed by atoms with Crippen LogP contribution >= 0.6 is 11.8 Å². The molecule has 1 fully saturated rings. The number of aryl methyl sites for hydroxylation is 1. The molecule has 132 valence electrons. The number of nitrogens with zero attached hydrogens (tertiary/aromatic N) is 4. The summed E-state index contributed by atoms with van der Waals surface area (Å²) in [6.07, 6.45) is 2.38. The Bertz CT molecular complexity index is 756. The molecule has 1 aromatic heterocycles. The third kappa shape index (κ3) is 4.79. The summed E-state index contributed by atoms with van der Waals surface area (Å²) in [6.45, 7) is 2.04. The standard InChI is InChI=1S/C16H20N6O2S/c1-10(11-3-4-11)17-15(24)12-5-7-13(8-6-12)18-14(23)9-25-16-19-20-21-22(16)2/h5-8,10-11H,3-4,9H2,1-2H3,(H,17,24)(H,18,23)/t10-/m1/s1. The van der Waals surface area contributed by atoms with Crippen molar-refractivity contribution in [2.45, 2.75) is 31.0 Å². The number of benzene rings is 1. The second-order valence-electron chi connectivity index (χ2n) is 6.10. The lowest BCUT2D eigenvalue weighted by Gasteiger charge is -2.13. The van der Waals surface area contributed by atoms with Gasteiger partial charge in [-0.05, 0) is 60.4 Å². The number of tetrazole rings is 1. The van der Waals surface area contributed by atoms with E-state index >= 15 is 0 Å². The number of carbonyl (C=O) groups excluding carboxylic acids is 2. The fourth-order valence-electron chi connectivity index (χ4n) is 2.38. The van der Waals surface area contributed by atoms with Crippen LogP contribution < -0.4 is 10.6 Å². The summed E-state index contributed by atoms with van der Waals surface area (Å²) in [7, 11) is 1.72. The van der Waals surface area contributed by atoms with E-state index in [1.807, 2.05) is 6.92 Å². The van der Waals surface area contributed by atoms with Gasteiger partial charge in [0.2, 0.25) is 11.1 Å². The van der Waals surface area contributed by atoms with Gasteiger partial charge in [-0.15, -0.1) is 5.10 Å². The summed E-state index contributed by atoms with van der Waals surface area (Å²) in [5.74, 6) is 0.578. The van der Waals surface area contributed by atoms with Crippen LogP contribution in [0.5, 0.6) is 0 Å². The van der Waals surface area contributed by atoms with Crippen molar-refractivity contribution in [1.82, 2.24) is 25.5 Å². The SMILES string of the molecule is C[C@@H](NC(=O)c1ccc(NC(=O)CSc2nnnn2C)cc1)C1CC1. The van der Waals surface area contributed by atoms with Gasteiger partial charge in [0.25, 0.3) is 5.91 Å². The first-order valence-corrected chi connectivity index (χ1v) is 9.07. The number of hydrogen-bond donors (Lipinski definition) is 2. The summed E-state index contributed by atoms with van der Waals surface area (Å²) in [5.41, 5.74) is 1.23. The summed E-state index contributed by atoms with van der Waals surface area (Å²) in [5, 5.41) is 17.4. The Labute approximate surface area is 149 Å². The van der Waals surface area contributed by atoms with Crippen LogP contribution in [0.25, 0.3) is 0 Å². The third-order valence-electron chi connectivity index (χ3n) is 4.03. The zero-order valence-corrected chi connectivity index (χ0v) is 14.9. The Morgan fingerprint density at radius 1 is 1.32 bits per heavy atom. The monoisotopic (exact) mass is 360 g/mol. The Morgan fingerprint density at radius 2 is 2.04 bits per heavy atom. The lowest BCUT2D eigenvalue weighted by Crippen LogP contribution is -2.33. The molecule has 3 rings (SSSR count). The average molecular weight is 360 g/mol. The third-order valence-corrected chi connectivity index (χ3v) is 5.04. The van der Waals surface area contributed by atoms with Crippen molar-refractivity contribution in [3.8, 4) is 0 Å². The Balaban J connectivity index is 1.48. The van der Waals surface area contributed by atoms with Crippen molar-refractivity contribution in [2.24, 2.45) is 13.0 Å². The van der Waals surface area contributed by atoms with Crippen LogP contribution in [0.1, 0.15) is 30.1 Å². The normalized spacial score (nSPS) is 14.8. The van der Waals surface area contributed by atoms with Gasteiger partial charge in [0, 0.05) is 24.3 Å². The minimum Gasteiger partial charge on any atom is -0.349 e. The zero-order valence-electron chi connectivity index (χ0n) is 14.1. The van der Waals surface area contributed by atoms with Crippen molar-refractivity contribution in [3.05, 3.63) is 29.8 Å². The highest BCUT2D eigenvalue weighted by molar-refractivity contribution is 7.99. The fraction of sp³-hybridized carbons (Fsp3) is 0.438. The molecule has 8 nitrogen and oxygen atoms in total. The second kappa shape index (κ2) is 7.64. The molecule has 1 aliphatic carbocycles. The number of hydrogen-bond acceptors (Lipinski definition) is 6. The topological polar surface area (TPSA) is 102 Å². The number of amides is 2. The van der Waals surface area contributed by atoms with Crippen LogP contribution in [0.2, 0.25) is 0 Å². The molecule has 2 aromatic rings. The molecule has 9 heteroatoms. The van der Waals surface area contributed by atoms with Gasteiger partial charge >= 0.3 is 0 Å². The van der Waals surface area contributed by atoms with E-state index in [9.17, 15) is 9.59 Å². The van der Waals surface area contributed by atoms with Gasteiger partial charge in [0.15, 0.2) is 0 Å². The molecule has 1 saturated carbocycles. The highest BCUT2D eigenvalue weighted by Crippen LogP contribution is 2.32. The van der Waals surface area contributed by atoms with Crippen molar-refractivity contribution in [3.63, 3.8) is 0 Å². The molecule has 0 bridgehead atoms. The molecule has 0 unspecified atom stereocenters. The minimum absolute atomic E-state index is 0.0809. The molecular formula is C16H20N6O2S. The Morgan fingerprint density at radius 3 is 2.64 bits per heavy atom. The van der Waals surface area contributed by atoms with Gasteiger partial charge < -0.3 is 10.6 Å². The molecule has 0 aliphatic heterocycles. The average Bonchev–Trinajstić information content (AvgIpc) is 3.36. The van der Waals surface area contributed by atoms with E-state index < -0.39 is 0 Å². The number of carbonyl (C=O) groups is 2. The van der Waals surface area contributed by atoms with E-state index in [4.69, 9.17) is 0 Å². The van der Waals surface area contributed by atoms with Gasteiger partial charge in [-0.2, -0.15) is 0 Å². The maximum Gasteiger partial charge on any atom is 0.251 e. The fourth-order valence-corrected chi connectivity index (χ4v) is 3.03. The molecular weight excluding hydrogens is 340 g/mol. The number of nitrogens with one attached hydrogen (secondary N) is 2. The molecule has 2 amide bonds. The first kappa shape index (κ1) is 17.4. The van der Waals surface area contributed by atoms with Gasteiger partial charge in [-0.25, -0.2) is 4.68 Å². The maximum absolute atomic E-state index is 12.2. The van der Waals surface area contributed by atoms with Crippen molar-refractivity contribution < 1.29 is 9.59 Å². The van der Waals surface area contributed by atoms with E-state index in [1.54, 1.807) is 31.3 Å². The number of aromatic nitrogens is 4. The lowest BCUT2D eigenvalue weighted by molar-refractivity contribution is -0.113. The quantitative estimate of drug-likeness (QED) is 0.725. The van der Waals surface area contributed by atoms with Crippen LogP contribution in [-0.4, -0.2) is 43.8 Å². The van der Waals surface area contributed by atoms with Gasteiger partial charge in [0.1, 0.15) is 0 Å². The molecule has 1 aromatic carbocycles. The smallest absolute Gasteiger partial charge is 0.251 e.